The molecule has 4 N–H and O–H groups in total. The summed E-state index contributed by atoms with van der Waals surface area (Å²) in [6.07, 6.45) is 0. The molecule has 2 aromatic carbocycles. The second kappa shape index (κ2) is 6.10. The van der Waals surface area contributed by atoms with E-state index in [-0.39, 0.29) is 24.1 Å². The molecule has 4 heteroatoms. The number of phenolic OH excluding ortho intramolecular Hbond substituents is 1. The largest absolute Gasteiger partial charge is 0.508 e. The monoisotopic (exact) mass is 270 g/mol. The number of amides is 1. The minimum Gasteiger partial charge on any atom is -0.508 e. The maximum absolute atomic E-state index is 12.1. The number of hydrogen-bond donors (Lipinski definition) is 3. The van der Waals surface area contributed by atoms with Gasteiger partial charge in [-0.3, -0.25) is 4.79 Å². The van der Waals surface area contributed by atoms with Crippen molar-refractivity contribution < 1.29 is 9.90 Å². The average molecular weight is 270 g/mol. The minimum absolute atomic E-state index is 0.0852. The van der Waals surface area contributed by atoms with E-state index >= 15 is 0 Å². The van der Waals surface area contributed by atoms with Crippen molar-refractivity contribution in [3.8, 4) is 5.75 Å². The minimum atomic E-state index is -0.237. The molecular weight excluding hydrogens is 252 g/mol. The lowest BCUT2D eigenvalue weighted by molar-refractivity contribution is -0.122. The Kier molecular flexibility index (Phi) is 4.25. The summed E-state index contributed by atoms with van der Waals surface area (Å²) in [5, 5.41) is 12.5. The van der Waals surface area contributed by atoms with Gasteiger partial charge in [-0.05, 0) is 30.7 Å². The van der Waals surface area contributed by atoms with Gasteiger partial charge in [0.2, 0.25) is 5.91 Å². The molecule has 104 valence electrons. The lowest BCUT2D eigenvalue weighted by atomic mass is 10.0. The molecule has 20 heavy (non-hydrogen) atoms. The van der Waals surface area contributed by atoms with Gasteiger partial charge in [-0.1, -0.05) is 30.3 Å². The summed E-state index contributed by atoms with van der Waals surface area (Å²) in [5.41, 5.74) is 7.79. The summed E-state index contributed by atoms with van der Waals surface area (Å²) in [6, 6.07) is 14.4. The molecule has 0 saturated heterocycles. The van der Waals surface area contributed by atoms with E-state index in [2.05, 4.69) is 5.32 Å². The molecule has 0 aromatic heterocycles. The summed E-state index contributed by atoms with van der Waals surface area (Å²) in [4.78, 5) is 12.1. The van der Waals surface area contributed by atoms with Gasteiger partial charge in [0.25, 0.3) is 0 Å². The fourth-order valence-corrected chi connectivity index (χ4v) is 1.98. The molecule has 0 heterocycles. The number of rotatable bonds is 4. The molecule has 0 bridgehead atoms. The van der Waals surface area contributed by atoms with Crippen LogP contribution < -0.4 is 11.1 Å². The highest BCUT2D eigenvalue weighted by Gasteiger charge is 2.14. The maximum Gasteiger partial charge on any atom is 0.227 e. The van der Waals surface area contributed by atoms with Crippen molar-refractivity contribution >= 4 is 11.6 Å². The highest BCUT2D eigenvalue weighted by molar-refractivity contribution is 5.83. The zero-order valence-corrected chi connectivity index (χ0v) is 11.3. The van der Waals surface area contributed by atoms with E-state index in [1.165, 1.54) is 6.07 Å². The fraction of sp³-hybridized carbons (Fsp3) is 0.188. The second-order valence-electron chi connectivity index (χ2n) is 4.74. The van der Waals surface area contributed by atoms with E-state index in [0.29, 0.717) is 11.3 Å². The second-order valence-corrected chi connectivity index (χ2v) is 4.74. The van der Waals surface area contributed by atoms with Crippen molar-refractivity contribution in [1.82, 2.24) is 5.32 Å². The molecule has 1 atom stereocenters. The van der Waals surface area contributed by atoms with Crippen molar-refractivity contribution in [2.24, 2.45) is 0 Å². The molecule has 4 nitrogen and oxygen atoms in total. The highest BCUT2D eigenvalue weighted by Crippen LogP contribution is 2.20. The molecule has 0 aliphatic carbocycles. The molecule has 2 aromatic rings. The average Bonchev–Trinajstić information content (AvgIpc) is 2.48. The smallest absolute Gasteiger partial charge is 0.227 e. The normalized spacial score (nSPS) is 11.8. The van der Waals surface area contributed by atoms with Crippen molar-refractivity contribution in [2.45, 2.75) is 19.4 Å². The van der Waals surface area contributed by atoms with Gasteiger partial charge in [-0.2, -0.15) is 0 Å². The van der Waals surface area contributed by atoms with E-state index in [0.717, 1.165) is 5.56 Å². The Morgan fingerprint density at radius 3 is 2.65 bits per heavy atom. The third-order valence-corrected chi connectivity index (χ3v) is 3.25. The Morgan fingerprint density at radius 1 is 1.25 bits per heavy atom. The van der Waals surface area contributed by atoms with E-state index < -0.39 is 0 Å². The quantitative estimate of drug-likeness (QED) is 0.590. The number of phenols is 1. The number of hydrogen-bond acceptors (Lipinski definition) is 3. The Balaban J connectivity index is 2.00. The molecule has 0 fully saturated rings. The Hall–Kier alpha value is -2.49. The predicted octanol–water partition coefficient (Wildman–Crippen LogP) is 2.39. The molecule has 0 spiro atoms. The fourth-order valence-electron chi connectivity index (χ4n) is 1.98. The van der Waals surface area contributed by atoms with Crippen LogP contribution in [0.2, 0.25) is 0 Å². The maximum atomic E-state index is 12.1. The number of anilines is 1. The van der Waals surface area contributed by atoms with Gasteiger partial charge >= 0.3 is 0 Å². The first-order chi connectivity index (χ1) is 9.58. The number of nitrogens with one attached hydrogen (secondary N) is 1. The Labute approximate surface area is 118 Å². The van der Waals surface area contributed by atoms with Gasteiger partial charge in [-0.15, -0.1) is 0 Å². The summed E-state index contributed by atoms with van der Waals surface area (Å²) < 4.78 is 0. The van der Waals surface area contributed by atoms with Crippen LogP contribution in [-0.2, 0) is 11.3 Å². The lowest BCUT2D eigenvalue weighted by Gasteiger charge is -2.13. The van der Waals surface area contributed by atoms with Gasteiger partial charge in [0, 0.05) is 17.8 Å². The summed E-state index contributed by atoms with van der Waals surface area (Å²) in [6.45, 7) is 2.11. The molecule has 1 amide bonds. The van der Waals surface area contributed by atoms with Gasteiger partial charge in [0.15, 0.2) is 0 Å². The predicted molar refractivity (Wildman–Crippen MR) is 79.2 cm³/mol. The third kappa shape index (κ3) is 3.29. The Bertz CT molecular complexity index is 597. The van der Waals surface area contributed by atoms with Crippen LogP contribution in [0.3, 0.4) is 0 Å². The van der Waals surface area contributed by atoms with Gasteiger partial charge in [0.05, 0.1) is 5.92 Å². The lowest BCUT2D eigenvalue weighted by Crippen LogP contribution is -2.27. The molecule has 2 rings (SSSR count). The summed E-state index contributed by atoms with van der Waals surface area (Å²) in [7, 11) is 0. The van der Waals surface area contributed by atoms with Gasteiger partial charge in [-0.25, -0.2) is 0 Å². The van der Waals surface area contributed by atoms with Gasteiger partial charge in [0.1, 0.15) is 5.75 Å². The van der Waals surface area contributed by atoms with Crippen LogP contribution >= 0.6 is 0 Å². The number of aromatic hydroxyl groups is 1. The van der Waals surface area contributed by atoms with Crippen LogP contribution in [-0.4, -0.2) is 11.0 Å². The number of benzene rings is 2. The van der Waals surface area contributed by atoms with Crippen LogP contribution in [0.5, 0.6) is 5.75 Å². The molecule has 0 aliphatic rings. The zero-order chi connectivity index (χ0) is 14.5. The number of nitrogens with two attached hydrogens (primary N) is 1. The molecule has 0 aliphatic heterocycles. The first-order valence-electron chi connectivity index (χ1n) is 6.48. The van der Waals surface area contributed by atoms with Crippen molar-refractivity contribution in [3.05, 3.63) is 59.7 Å². The van der Waals surface area contributed by atoms with E-state index in [4.69, 9.17) is 5.73 Å². The van der Waals surface area contributed by atoms with Crippen molar-refractivity contribution in [1.29, 1.82) is 0 Å². The van der Waals surface area contributed by atoms with Crippen molar-refractivity contribution in [3.63, 3.8) is 0 Å². The molecule has 0 radical (unpaired) electrons. The van der Waals surface area contributed by atoms with Crippen LogP contribution in [0.4, 0.5) is 5.69 Å². The molecule has 1 unspecified atom stereocenters. The Morgan fingerprint density at radius 2 is 1.95 bits per heavy atom. The number of carbonyl (C=O) groups is 1. The van der Waals surface area contributed by atoms with Crippen LogP contribution in [0.15, 0.2) is 48.5 Å². The number of carbonyl (C=O) groups excluding carboxylic acids is 1. The van der Waals surface area contributed by atoms with Gasteiger partial charge < -0.3 is 16.2 Å². The van der Waals surface area contributed by atoms with Crippen LogP contribution in [0.1, 0.15) is 24.0 Å². The van der Waals surface area contributed by atoms with E-state index in [1.807, 2.05) is 37.3 Å². The van der Waals surface area contributed by atoms with Crippen molar-refractivity contribution in [2.75, 3.05) is 5.73 Å². The highest BCUT2D eigenvalue weighted by atomic mass is 16.3. The third-order valence-electron chi connectivity index (χ3n) is 3.25. The summed E-state index contributed by atoms with van der Waals surface area (Å²) in [5.74, 6) is -0.190. The SMILES string of the molecule is CC(C(=O)NCc1cc(N)ccc1O)c1ccccc1. The zero-order valence-electron chi connectivity index (χ0n) is 11.3. The van der Waals surface area contributed by atoms with E-state index in [1.54, 1.807) is 12.1 Å². The topological polar surface area (TPSA) is 75.4 Å². The van der Waals surface area contributed by atoms with Crippen LogP contribution in [0, 0.1) is 0 Å². The molecule has 0 saturated carbocycles. The number of nitrogen functional groups attached to an aromatic ring is 1. The van der Waals surface area contributed by atoms with Crippen LogP contribution in [0.25, 0.3) is 0 Å². The first-order valence-corrected chi connectivity index (χ1v) is 6.48. The summed E-state index contributed by atoms with van der Waals surface area (Å²) >= 11 is 0. The first kappa shape index (κ1) is 13.9. The van der Waals surface area contributed by atoms with E-state index in [9.17, 15) is 9.90 Å². The standard InChI is InChI=1S/C16H18N2O2/c1-11(12-5-3-2-4-6-12)16(20)18-10-13-9-14(17)7-8-15(13)19/h2-9,11,19H,10,17H2,1H3,(H,18,20). The molecular formula is C16H18N2O2.